The van der Waals surface area contributed by atoms with Crippen LogP contribution in [0.3, 0.4) is 0 Å². The van der Waals surface area contributed by atoms with Gasteiger partial charge < -0.3 is 5.11 Å². The van der Waals surface area contributed by atoms with Gasteiger partial charge in [0.15, 0.2) is 0 Å². The summed E-state index contributed by atoms with van der Waals surface area (Å²) in [5.41, 5.74) is 1.38. The average Bonchev–Trinajstić information content (AvgIpc) is 2.43. The smallest absolute Gasteiger partial charge is 0.0936 e. The molecular formula is C17H19BrO. The van der Waals surface area contributed by atoms with Crippen LogP contribution in [0.4, 0.5) is 0 Å². The second-order valence-electron chi connectivity index (χ2n) is 4.95. The average molecular weight is 319 g/mol. The van der Waals surface area contributed by atoms with Crippen molar-refractivity contribution in [2.24, 2.45) is 0 Å². The minimum atomic E-state index is -0.774. The van der Waals surface area contributed by atoms with Gasteiger partial charge in [0.1, 0.15) is 0 Å². The van der Waals surface area contributed by atoms with Gasteiger partial charge in [0, 0.05) is 10.9 Å². The molecule has 1 nitrogen and oxygen atoms in total. The van der Waals surface area contributed by atoms with E-state index in [0.717, 1.165) is 28.4 Å². The Kier molecular flexibility index (Phi) is 4.78. The highest BCUT2D eigenvalue weighted by molar-refractivity contribution is 9.10. The van der Waals surface area contributed by atoms with Gasteiger partial charge in [-0.25, -0.2) is 0 Å². The van der Waals surface area contributed by atoms with Crippen molar-refractivity contribution >= 4 is 15.9 Å². The molecule has 19 heavy (non-hydrogen) atoms. The van der Waals surface area contributed by atoms with Crippen molar-refractivity contribution in [1.82, 2.24) is 0 Å². The Balaban J connectivity index is 2.27. The highest BCUT2D eigenvalue weighted by Crippen LogP contribution is 2.30. The summed E-state index contributed by atoms with van der Waals surface area (Å²) in [6.07, 6.45) is 2.38. The molecule has 0 spiro atoms. The van der Waals surface area contributed by atoms with Crippen LogP contribution in [0.1, 0.15) is 30.9 Å². The maximum absolute atomic E-state index is 11.0. The minimum Gasteiger partial charge on any atom is -0.385 e. The second kappa shape index (κ2) is 6.36. The van der Waals surface area contributed by atoms with Crippen LogP contribution in [-0.4, -0.2) is 5.11 Å². The number of hydrogen-bond acceptors (Lipinski definition) is 1. The highest BCUT2D eigenvalue weighted by atomic mass is 79.9. The first-order chi connectivity index (χ1) is 9.14. The summed E-state index contributed by atoms with van der Waals surface area (Å²) in [5, 5.41) is 11.0. The number of hydrogen-bond donors (Lipinski definition) is 1. The third-order valence-corrected chi connectivity index (χ3v) is 3.91. The predicted molar refractivity (Wildman–Crippen MR) is 83.1 cm³/mol. The summed E-state index contributed by atoms with van der Waals surface area (Å²) in [6.45, 7) is 2.11. The Morgan fingerprint density at radius 2 is 1.63 bits per heavy atom. The van der Waals surface area contributed by atoms with Gasteiger partial charge in [-0.1, -0.05) is 71.7 Å². The zero-order valence-electron chi connectivity index (χ0n) is 11.1. The van der Waals surface area contributed by atoms with E-state index >= 15 is 0 Å². The maximum atomic E-state index is 11.0. The van der Waals surface area contributed by atoms with E-state index in [1.165, 1.54) is 0 Å². The van der Waals surface area contributed by atoms with Gasteiger partial charge in [0.2, 0.25) is 0 Å². The molecule has 2 heteroatoms. The van der Waals surface area contributed by atoms with Crippen molar-refractivity contribution in [3.8, 4) is 0 Å². The molecule has 2 aromatic carbocycles. The van der Waals surface area contributed by atoms with E-state index in [4.69, 9.17) is 0 Å². The minimum absolute atomic E-state index is 0.651. The number of rotatable bonds is 5. The molecule has 2 rings (SSSR count). The molecule has 0 bridgehead atoms. The van der Waals surface area contributed by atoms with Gasteiger partial charge in [-0.2, -0.15) is 0 Å². The Labute approximate surface area is 123 Å². The fraction of sp³-hybridized carbons (Fsp3) is 0.294. The SMILES string of the molecule is CCCC(O)(Cc1ccc(Br)cc1)c1ccccc1. The van der Waals surface area contributed by atoms with Crippen molar-refractivity contribution < 1.29 is 5.11 Å². The van der Waals surface area contributed by atoms with Crippen LogP contribution in [0, 0.1) is 0 Å². The molecule has 100 valence electrons. The van der Waals surface area contributed by atoms with Crippen LogP contribution in [0.15, 0.2) is 59.1 Å². The molecule has 0 aromatic heterocycles. The van der Waals surface area contributed by atoms with Gasteiger partial charge in [-0.3, -0.25) is 0 Å². The molecule has 0 saturated heterocycles. The molecule has 0 aliphatic carbocycles. The molecular weight excluding hydrogens is 300 g/mol. The Morgan fingerprint density at radius 1 is 1.00 bits per heavy atom. The zero-order valence-corrected chi connectivity index (χ0v) is 12.7. The van der Waals surface area contributed by atoms with Gasteiger partial charge in [-0.15, -0.1) is 0 Å². The van der Waals surface area contributed by atoms with E-state index < -0.39 is 5.60 Å². The van der Waals surface area contributed by atoms with Crippen molar-refractivity contribution in [2.75, 3.05) is 0 Å². The molecule has 1 unspecified atom stereocenters. The van der Waals surface area contributed by atoms with Gasteiger partial charge in [-0.05, 0) is 29.7 Å². The zero-order chi connectivity index (χ0) is 13.7. The third-order valence-electron chi connectivity index (χ3n) is 3.38. The lowest BCUT2D eigenvalue weighted by Gasteiger charge is -2.28. The summed E-state index contributed by atoms with van der Waals surface area (Å²) < 4.78 is 1.06. The molecule has 0 aliphatic rings. The predicted octanol–water partition coefficient (Wildman–Crippen LogP) is 4.68. The van der Waals surface area contributed by atoms with Gasteiger partial charge >= 0.3 is 0 Å². The third kappa shape index (κ3) is 3.68. The van der Waals surface area contributed by atoms with Crippen molar-refractivity contribution in [3.63, 3.8) is 0 Å². The fourth-order valence-electron chi connectivity index (χ4n) is 2.44. The van der Waals surface area contributed by atoms with Crippen molar-refractivity contribution in [3.05, 3.63) is 70.2 Å². The van der Waals surface area contributed by atoms with Crippen molar-refractivity contribution in [1.29, 1.82) is 0 Å². The van der Waals surface area contributed by atoms with Gasteiger partial charge in [0.25, 0.3) is 0 Å². The number of halogens is 1. The molecule has 0 aliphatic heterocycles. The van der Waals surface area contributed by atoms with E-state index in [0.29, 0.717) is 6.42 Å². The Hall–Kier alpha value is -1.12. The van der Waals surface area contributed by atoms with Crippen LogP contribution in [0.2, 0.25) is 0 Å². The van der Waals surface area contributed by atoms with E-state index in [2.05, 4.69) is 35.0 Å². The van der Waals surface area contributed by atoms with E-state index in [9.17, 15) is 5.11 Å². The Bertz CT molecular complexity index is 507. The van der Waals surface area contributed by atoms with E-state index in [-0.39, 0.29) is 0 Å². The molecule has 0 fully saturated rings. The maximum Gasteiger partial charge on any atom is 0.0936 e. The number of benzene rings is 2. The first-order valence-corrected chi connectivity index (χ1v) is 7.46. The summed E-state index contributed by atoms with van der Waals surface area (Å²) >= 11 is 3.44. The van der Waals surface area contributed by atoms with Crippen molar-refractivity contribution in [2.45, 2.75) is 31.8 Å². The summed E-state index contributed by atoms with van der Waals surface area (Å²) in [6, 6.07) is 18.1. The van der Waals surface area contributed by atoms with E-state index in [1.807, 2.05) is 42.5 Å². The van der Waals surface area contributed by atoms with Crippen LogP contribution in [-0.2, 0) is 12.0 Å². The topological polar surface area (TPSA) is 20.2 Å². The fourth-order valence-corrected chi connectivity index (χ4v) is 2.70. The first-order valence-electron chi connectivity index (χ1n) is 6.66. The lowest BCUT2D eigenvalue weighted by molar-refractivity contribution is 0.0269. The number of aliphatic hydroxyl groups is 1. The molecule has 0 saturated carbocycles. The van der Waals surface area contributed by atoms with Crippen LogP contribution < -0.4 is 0 Å². The van der Waals surface area contributed by atoms with E-state index in [1.54, 1.807) is 0 Å². The van der Waals surface area contributed by atoms with Crippen LogP contribution in [0.5, 0.6) is 0 Å². The monoisotopic (exact) mass is 318 g/mol. The lowest BCUT2D eigenvalue weighted by atomic mass is 9.84. The second-order valence-corrected chi connectivity index (χ2v) is 5.87. The largest absolute Gasteiger partial charge is 0.385 e. The standard InChI is InChI=1S/C17H19BrO/c1-2-12-17(19,15-6-4-3-5-7-15)13-14-8-10-16(18)11-9-14/h3-11,19H,2,12-13H2,1H3. The molecule has 0 radical (unpaired) electrons. The lowest BCUT2D eigenvalue weighted by Crippen LogP contribution is -2.28. The molecule has 0 amide bonds. The molecule has 1 N–H and O–H groups in total. The summed E-state index contributed by atoms with van der Waals surface area (Å²) in [7, 11) is 0. The molecule has 2 aromatic rings. The summed E-state index contributed by atoms with van der Waals surface area (Å²) in [4.78, 5) is 0. The molecule has 1 atom stereocenters. The first kappa shape index (κ1) is 14.3. The highest BCUT2D eigenvalue weighted by Gasteiger charge is 2.28. The van der Waals surface area contributed by atoms with Gasteiger partial charge in [0.05, 0.1) is 5.60 Å². The Morgan fingerprint density at radius 3 is 2.21 bits per heavy atom. The van der Waals surface area contributed by atoms with Crippen LogP contribution >= 0.6 is 15.9 Å². The molecule has 0 heterocycles. The normalized spacial score (nSPS) is 14.1. The quantitative estimate of drug-likeness (QED) is 0.848. The summed E-state index contributed by atoms with van der Waals surface area (Å²) in [5.74, 6) is 0. The van der Waals surface area contributed by atoms with Crippen LogP contribution in [0.25, 0.3) is 0 Å².